The molecule has 2 nitrogen and oxygen atoms in total. The summed E-state index contributed by atoms with van der Waals surface area (Å²) in [6.45, 7) is 8.60. The molecule has 0 amide bonds. The number of hydrogen-bond donors (Lipinski definition) is 0. The molecular weight excluding hydrogens is 126 g/mol. The van der Waals surface area contributed by atoms with Gasteiger partial charge >= 0.3 is 0 Å². The molecule has 0 radical (unpaired) electrons. The molecule has 0 aliphatic carbocycles. The van der Waals surface area contributed by atoms with Crippen LogP contribution in [0.1, 0.15) is 20.3 Å². The Bertz CT molecular complexity index is 75.3. The van der Waals surface area contributed by atoms with Crippen LogP contribution < -0.4 is 0 Å². The summed E-state index contributed by atoms with van der Waals surface area (Å²) in [7, 11) is 0. The van der Waals surface area contributed by atoms with E-state index in [2.05, 4.69) is 4.90 Å². The Kier molecular flexibility index (Phi) is 3.16. The van der Waals surface area contributed by atoms with E-state index in [-0.39, 0.29) is 0 Å². The van der Waals surface area contributed by atoms with Crippen LogP contribution in [0.3, 0.4) is 0 Å². The van der Waals surface area contributed by atoms with Crippen LogP contribution in [0.2, 0.25) is 0 Å². The monoisotopic (exact) mass is 143 g/mol. The van der Waals surface area contributed by atoms with Gasteiger partial charge in [-0.2, -0.15) is 0 Å². The molecule has 0 spiro atoms. The summed E-state index contributed by atoms with van der Waals surface area (Å²) >= 11 is 0. The largest absolute Gasteiger partial charge is 0.378 e. The predicted molar refractivity (Wildman–Crippen MR) is 42.1 cm³/mol. The number of likely N-dealkylation sites (tertiary alicyclic amines) is 1. The van der Waals surface area contributed by atoms with Gasteiger partial charge in [0.2, 0.25) is 0 Å². The molecular formula is C8H17NO. The van der Waals surface area contributed by atoms with E-state index in [0.29, 0.717) is 0 Å². The van der Waals surface area contributed by atoms with E-state index in [1.54, 1.807) is 0 Å². The lowest BCUT2D eigenvalue weighted by atomic mass is 10.1. The minimum atomic E-state index is 0.795. The van der Waals surface area contributed by atoms with Crippen molar-refractivity contribution in [3.05, 3.63) is 0 Å². The van der Waals surface area contributed by atoms with E-state index in [1.807, 2.05) is 13.8 Å². The fraction of sp³-hybridized carbons (Fsp3) is 1.00. The second-order valence-electron chi connectivity index (χ2n) is 2.58. The topological polar surface area (TPSA) is 12.5 Å². The maximum Gasteiger partial charge on any atom is 0.0645 e. The summed E-state index contributed by atoms with van der Waals surface area (Å²) in [4.78, 5) is 2.49. The van der Waals surface area contributed by atoms with E-state index < -0.39 is 0 Å². The molecule has 10 heavy (non-hydrogen) atoms. The Balaban J connectivity index is 0.000000231. The molecule has 0 aromatic rings. The minimum Gasteiger partial charge on any atom is -0.378 e. The molecule has 0 aromatic carbocycles. The lowest BCUT2D eigenvalue weighted by Crippen LogP contribution is -2.54. The van der Waals surface area contributed by atoms with Crippen molar-refractivity contribution >= 4 is 0 Å². The summed E-state index contributed by atoms with van der Waals surface area (Å²) in [5.74, 6) is 0. The van der Waals surface area contributed by atoms with Gasteiger partial charge in [-0.3, -0.25) is 4.90 Å². The SMILES string of the molecule is C1CN(C2COC2)C1.CC. The molecule has 0 atom stereocenters. The van der Waals surface area contributed by atoms with Gasteiger partial charge in [-0.05, 0) is 19.5 Å². The zero-order valence-corrected chi connectivity index (χ0v) is 6.97. The first-order valence-electron chi connectivity index (χ1n) is 4.28. The van der Waals surface area contributed by atoms with Gasteiger partial charge in [0, 0.05) is 0 Å². The van der Waals surface area contributed by atoms with E-state index in [0.717, 1.165) is 19.3 Å². The van der Waals surface area contributed by atoms with Crippen molar-refractivity contribution in [2.75, 3.05) is 26.3 Å². The Morgan fingerprint density at radius 3 is 1.90 bits per heavy atom. The summed E-state index contributed by atoms with van der Waals surface area (Å²) in [5.41, 5.74) is 0. The van der Waals surface area contributed by atoms with Crippen LogP contribution in [-0.2, 0) is 4.74 Å². The van der Waals surface area contributed by atoms with Crippen LogP contribution in [0.4, 0.5) is 0 Å². The molecule has 0 bridgehead atoms. The average molecular weight is 143 g/mol. The highest BCUT2D eigenvalue weighted by Crippen LogP contribution is 2.16. The van der Waals surface area contributed by atoms with Crippen LogP contribution in [0.25, 0.3) is 0 Å². The van der Waals surface area contributed by atoms with Crippen molar-refractivity contribution in [1.82, 2.24) is 4.90 Å². The Labute approximate surface area is 63.2 Å². The van der Waals surface area contributed by atoms with Crippen molar-refractivity contribution in [3.8, 4) is 0 Å². The molecule has 0 N–H and O–H groups in total. The molecule has 2 aliphatic rings. The maximum atomic E-state index is 5.05. The van der Waals surface area contributed by atoms with Gasteiger partial charge in [-0.25, -0.2) is 0 Å². The summed E-state index contributed by atoms with van der Waals surface area (Å²) < 4.78 is 5.05. The first kappa shape index (κ1) is 8.02. The van der Waals surface area contributed by atoms with Crippen molar-refractivity contribution in [3.63, 3.8) is 0 Å². The van der Waals surface area contributed by atoms with Crippen LogP contribution in [-0.4, -0.2) is 37.2 Å². The summed E-state index contributed by atoms with van der Waals surface area (Å²) in [6.07, 6.45) is 1.40. The maximum absolute atomic E-state index is 5.05. The number of ether oxygens (including phenoxy) is 1. The molecule has 0 unspecified atom stereocenters. The zero-order chi connectivity index (χ0) is 7.40. The van der Waals surface area contributed by atoms with E-state index in [4.69, 9.17) is 4.74 Å². The number of nitrogens with zero attached hydrogens (tertiary/aromatic N) is 1. The molecule has 2 aliphatic heterocycles. The highest BCUT2D eigenvalue weighted by atomic mass is 16.5. The van der Waals surface area contributed by atoms with Crippen LogP contribution in [0.15, 0.2) is 0 Å². The second kappa shape index (κ2) is 3.94. The Hall–Kier alpha value is -0.0800. The molecule has 2 heterocycles. The van der Waals surface area contributed by atoms with Gasteiger partial charge < -0.3 is 4.74 Å². The lowest BCUT2D eigenvalue weighted by molar-refractivity contribution is -0.0843. The van der Waals surface area contributed by atoms with E-state index in [9.17, 15) is 0 Å². The molecule has 0 saturated carbocycles. The molecule has 2 fully saturated rings. The van der Waals surface area contributed by atoms with E-state index in [1.165, 1.54) is 19.5 Å². The predicted octanol–water partition coefficient (Wildman–Crippen LogP) is 1.12. The molecule has 60 valence electrons. The summed E-state index contributed by atoms with van der Waals surface area (Å²) in [5, 5.41) is 0. The third-order valence-electron chi connectivity index (χ3n) is 2.03. The van der Waals surface area contributed by atoms with Crippen LogP contribution >= 0.6 is 0 Å². The Morgan fingerprint density at radius 1 is 1.20 bits per heavy atom. The van der Waals surface area contributed by atoms with Crippen molar-refractivity contribution in [2.45, 2.75) is 26.3 Å². The normalized spacial score (nSPS) is 25.8. The lowest BCUT2D eigenvalue weighted by Gasteiger charge is -2.42. The van der Waals surface area contributed by atoms with Gasteiger partial charge in [0.15, 0.2) is 0 Å². The highest BCUT2D eigenvalue weighted by Gasteiger charge is 2.29. The van der Waals surface area contributed by atoms with Gasteiger partial charge in [-0.1, -0.05) is 13.8 Å². The van der Waals surface area contributed by atoms with Gasteiger partial charge in [0.1, 0.15) is 0 Å². The molecule has 0 aromatic heterocycles. The van der Waals surface area contributed by atoms with E-state index >= 15 is 0 Å². The molecule has 2 saturated heterocycles. The third kappa shape index (κ3) is 1.50. The first-order valence-corrected chi connectivity index (χ1v) is 4.28. The van der Waals surface area contributed by atoms with Gasteiger partial charge in [0.25, 0.3) is 0 Å². The quantitative estimate of drug-likeness (QED) is 0.545. The average Bonchev–Trinajstić information content (AvgIpc) is 1.79. The standard InChI is InChI=1S/C6H11NO.C2H6/c1-2-7(3-1)6-4-8-5-6;1-2/h6H,1-5H2;1-2H3. The molecule has 2 heteroatoms. The van der Waals surface area contributed by atoms with Crippen molar-refractivity contribution in [2.24, 2.45) is 0 Å². The number of rotatable bonds is 1. The van der Waals surface area contributed by atoms with Crippen molar-refractivity contribution < 1.29 is 4.74 Å². The van der Waals surface area contributed by atoms with Crippen LogP contribution in [0, 0.1) is 0 Å². The smallest absolute Gasteiger partial charge is 0.0645 e. The fourth-order valence-corrected chi connectivity index (χ4v) is 1.14. The first-order chi connectivity index (χ1) is 4.97. The van der Waals surface area contributed by atoms with Crippen molar-refractivity contribution in [1.29, 1.82) is 0 Å². The zero-order valence-electron chi connectivity index (χ0n) is 6.97. The third-order valence-corrected chi connectivity index (χ3v) is 2.03. The molecule has 2 rings (SSSR count). The fourth-order valence-electron chi connectivity index (χ4n) is 1.14. The highest BCUT2D eigenvalue weighted by molar-refractivity contribution is 4.82. The minimum absolute atomic E-state index is 0.795. The van der Waals surface area contributed by atoms with Gasteiger partial charge in [-0.15, -0.1) is 0 Å². The number of hydrogen-bond acceptors (Lipinski definition) is 2. The summed E-state index contributed by atoms with van der Waals surface area (Å²) in [6, 6.07) is 0.795. The van der Waals surface area contributed by atoms with Crippen LogP contribution in [0.5, 0.6) is 0 Å². The van der Waals surface area contributed by atoms with Gasteiger partial charge in [0.05, 0.1) is 19.3 Å². The Morgan fingerprint density at radius 2 is 1.80 bits per heavy atom. The second-order valence-corrected chi connectivity index (χ2v) is 2.58.